The molecule has 1 aliphatic rings. The van der Waals surface area contributed by atoms with Gasteiger partial charge >= 0.3 is 0 Å². The largest absolute Gasteiger partial charge is 0.874 e. The number of hydrogen-bond acceptors (Lipinski definition) is 4. The van der Waals surface area contributed by atoms with Gasteiger partial charge in [-0.1, -0.05) is 17.9 Å². The first-order valence-electron chi connectivity index (χ1n) is 5.05. The summed E-state index contributed by atoms with van der Waals surface area (Å²) in [4.78, 5) is 11.9. The third kappa shape index (κ3) is 1.91. The second kappa shape index (κ2) is 4.79. The van der Waals surface area contributed by atoms with Gasteiger partial charge in [0.2, 0.25) is 0 Å². The maximum Gasteiger partial charge on any atom is 0.148 e. The molecule has 86 valence electrons. The van der Waals surface area contributed by atoms with Crippen LogP contribution in [0.2, 0.25) is 0 Å². The van der Waals surface area contributed by atoms with E-state index in [-0.39, 0.29) is 23.6 Å². The molecule has 2 unspecified atom stereocenters. The Hall–Kier alpha value is -1.84. The number of nitrogens with one attached hydrogen (secondary N) is 1. The lowest BCUT2D eigenvalue weighted by Crippen LogP contribution is -2.43. The third-order valence-electron chi connectivity index (χ3n) is 2.71. The van der Waals surface area contributed by atoms with Crippen LogP contribution in [0.1, 0.15) is 12.8 Å². The second-order valence-electron chi connectivity index (χ2n) is 3.75. The SMILES string of the molecule is C=CCC1C(=N)C(N)=C([O-])C(CC=C)C1=O. The Bertz CT molecular complexity index is 382. The monoisotopic (exact) mass is 219 g/mol. The van der Waals surface area contributed by atoms with Crippen LogP contribution in [0.4, 0.5) is 0 Å². The molecule has 0 amide bonds. The van der Waals surface area contributed by atoms with Gasteiger partial charge in [0.1, 0.15) is 5.78 Å². The Morgan fingerprint density at radius 1 is 1.31 bits per heavy atom. The number of carbonyl (C=O) groups is 1. The van der Waals surface area contributed by atoms with E-state index in [1.807, 2.05) is 0 Å². The third-order valence-corrected chi connectivity index (χ3v) is 2.71. The lowest BCUT2D eigenvalue weighted by molar-refractivity contribution is -0.314. The summed E-state index contributed by atoms with van der Waals surface area (Å²) in [7, 11) is 0. The number of Topliss-reactive ketones (excluding diaryl/α,β-unsaturated/α-hetero) is 1. The van der Waals surface area contributed by atoms with Crippen molar-refractivity contribution in [3.8, 4) is 0 Å². The lowest BCUT2D eigenvalue weighted by atomic mass is 9.78. The summed E-state index contributed by atoms with van der Waals surface area (Å²) >= 11 is 0. The molecule has 0 saturated carbocycles. The molecule has 3 N–H and O–H groups in total. The number of allylic oxidation sites excluding steroid dienone is 4. The van der Waals surface area contributed by atoms with Crippen LogP contribution < -0.4 is 10.8 Å². The average molecular weight is 219 g/mol. The van der Waals surface area contributed by atoms with Crippen molar-refractivity contribution in [2.24, 2.45) is 17.6 Å². The van der Waals surface area contributed by atoms with Crippen molar-refractivity contribution in [2.75, 3.05) is 0 Å². The van der Waals surface area contributed by atoms with Crippen molar-refractivity contribution in [1.29, 1.82) is 5.41 Å². The molecule has 0 radical (unpaired) electrons. The highest BCUT2D eigenvalue weighted by atomic mass is 16.3. The summed E-state index contributed by atoms with van der Waals surface area (Å²) in [5, 5.41) is 19.3. The number of hydrogen-bond donors (Lipinski definition) is 2. The minimum atomic E-state index is -0.767. The van der Waals surface area contributed by atoms with Gasteiger partial charge in [-0.05, 0) is 12.8 Å². The molecular formula is C12H15N2O2-. The molecule has 0 aromatic rings. The molecule has 4 nitrogen and oxygen atoms in total. The predicted octanol–water partition coefficient (Wildman–Crippen LogP) is 0.504. The van der Waals surface area contributed by atoms with E-state index < -0.39 is 17.6 Å². The van der Waals surface area contributed by atoms with Gasteiger partial charge in [-0.3, -0.25) is 4.79 Å². The highest BCUT2D eigenvalue weighted by Crippen LogP contribution is 2.28. The molecular weight excluding hydrogens is 204 g/mol. The quantitative estimate of drug-likeness (QED) is 0.675. The molecule has 0 bridgehead atoms. The minimum absolute atomic E-state index is 0.0739. The smallest absolute Gasteiger partial charge is 0.148 e. The fraction of sp³-hybridized carbons (Fsp3) is 0.333. The first kappa shape index (κ1) is 12.2. The van der Waals surface area contributed by atoms with Gasteiger partial charge in [0.15, 0.2) is 0 Å². The van der Waals surface area contributed by atoms with Gasteiger partial charge in [0.05, 0.1) is 11.6 Å². The minimum Gasteiger partial charge on any atom is -0.874 e. The summed E-state index contributed by atoms with van der Waals surface area (Å²) in [6, 6.07) is 0. The first-order chi connectivity index (χ1) is 7.54. The summed E-state index contributed by atoms with van der Waals surface area (Å²) in [5.74, 6) is -2.09. The van der Waals surface area contributed by atoms with Crippen molar-refractivity contribution < 1.29 is 9.90 Å². The standard InChI is InChI=1S/C12H16N2O2/c1-3-5-7-9(13)10(14)12(16)8(6-4-2)11(7)15/h3-4,7-8,13,16H,1-2,5-6,14H2/p-1. The summed E-state index contributed by atoms with van der Waals surface area (Å²) in [6.45, 7) is 7.05. The van der Waals surface area contributed by atoms with Crippen LogP contribution in [0.3, 0.4) is 0 Å². The van der Waals surface area contributed by atoms with Crippen LogP contribution in [-0.2, 0) is 4.79 Å². The molecule has 0 aromatic carbocycles. The molecule has 0 aromatic heterocycles. The zero-order valence-corrected chi connectivity index (χ0v) is 9.03. The van der Waals surface area contributed by atoms with Crippen LogP contribution in [0.5, 0.6) is 0 Å². The predicted molar refractivity (Wildman–Crippen MR) is 60.6 cm³/mol. The van der Waals surface area contributed by atoms with E-state index in [4.69, 9.17) is 11.1 Å². The number of nitrogens with two attached hydrogens (primary N) is 1. The number of rotatable bonds is 4. The zero-order valence-electron chi connectivity index (χ0n) is 9.03. The fourth-order valence-electron chi connectivity index (χ4n) is 1.81. The molecule has 0 heterocycles. The molecule has 0 fully saturated rings. The van der Waals surface area contributed by atoms with Gasteiger partial charge in [0, 0.05) is 11.6 Å². The van der Waals surface area contributed by atoms with Crippen LogP contribution in [0.15, 0.2) is 36.8 Å². The van der Waals surface area contributed by atoms with Crippen LogP contribution in [-0.4, -0.2) is 11.5 Å². The van der Waals surface area contributed by atoms with E-state index in [1.54, 1.807) is 6.08 Å². The number of ketones is 1. The maximum absolute atomic E-state index is 11.9. The van der Waals surface area contributed by atoms with E-state index >= 15 is 0 Å². The maximum atomic E-state index is 11.9. The van der Waals surface area contributed by atoms with E-state index in [1.165, 1.54) is 6.08 Å². The highest BCUT2D eigenvalue weighted by molar-refractivity contribution is 6.15. The summed E-state index contributed by atoms with van der Waals surface area (Å²) < 4.78 is 0. The van der Waals surface area contributed by atoms with E-state index in [9.17, 15) is 9.90 Å². The number of carbonyl (C=O) groups excluding carboxylic acids is 1. The molecule has 0 aliphatic heterocycles. The van der Waals surface area contributed by atoms with Crippen molar-refractivity contribution >= 4 is 11.5 Å². The van der Waals surface area contributed by atoms with E-state index in [0.29, 0.717) is 6.42 Å². The Balaban J connectivity index is 3.13. The molecule has 0 saturated heterocycles. The van der Waals surface area contributed by atoms with Crippen molar-refractivity contribution in [3.63, 3.8) is 0 Å². The van der Waals surface area contributed by atoms with Crippen molar-refractivity contribution in [2.45, 2.75) is 12.8 Å². The van der Waals surface area contributed by atoms with Crippen LogP contribution in [0.25, 0.3) is 0 Å². The van der Waals surface area contributed by atoms with Crippen LogP contribution >= 0.6 is 0 Å². The Kier molecular flexibility index (Phi) is 3.66. The van der Waals surface area contributed by atoms with Crippen molar-refractivity contribution in [3.05, 3.63) is 36.8 Å². The summed E-state index contributed by atoms with van der Waals surface area (Å²) in [5.41, 5.74) is 5.37. The van der Waals surface area contributed by atoms with Crippen molar-refractivity contribution in [1.82, 2.24) is 0 Å². The molecule has 1 rings (SSSR count). The molecule has 0 spiro atoms. The van der Waals surface area contributed by atoms with Crippen LogP contribution in [0, 0.1) is 17.2 Å². The van der Waals surface area contributed by atoms with Gasteiger partial charge in [-0.2, -0.15) is 0 Å². The van der Waals surface area contributed by atoms with Gasteiger partial charge in [-0.25, -0.2) is 0 Å². The first-order valence-corrected chi connectivity index (χ1v) is 5.05. The van der Waals surface area contributed by atoms with Gasteiger partial charge in [0.25, 0.3) is 0 Å². The zero-order chi connectivity index (χ0) is 12.3. The highest BCUT2D eigenvalue weighted by Gasteiger charge is 2.34. The lowest BCUT2D eigenvalue weighted by Gasteiger charge is -2.34. The molecule has 2 atom stereocenters. The average Bonchev–Trinajstić information content (AvgIpc) is 2.28. The Labute approximate surface area is 94.7 Å². The molecule has 1 aliphatic carbocycles. The Morgan fingerprint density at radius 2 is 1.81 bits per heavy atom. The van der Waals surface area contributed by atoms with Gasteiger partial charge in [-0.15, -0.1) is 13.2 Å². The van der Waals surface area contributed by atoms with E-state index in [2.05, 4.69) is 13.2 Å². The fourth-order valence-corrected chi connectivity index (χ4v) is 1.81. The summed E-state index contributed by atoms with van der Waals surface area (Å²) in [6.07, 6.45) is 3.71. The van der Waals surface area contributed by atoms with E-state index in [0.717, 1.165) is 0 Å². The normalized spacial score (nSPS) is 25.8. The molecule has 4 heteroatoms. The Morgan fingerprint density at radius 3 is 2.31 bits per heavy atom. The second-order valence-corrected chi connectivity index (χ2v) is 3.75. The topological polar surface area (TPSA) is 90.0 Å². The molecule has 16 heavy (non-hydrogen) atoms. The van der Waals surface area contributed by atoms with Gasteiger partial charge < -0.3 is 16.2 Å².